The quantitative estimate of drug-likeness (QED) is 0.878. The number of hydrogen-bond donors (Lipinski definition) is 2. The molecule has 1 aromatic carbocycles. The molecule has 1 aromatic rings. The van der Waals surface area contributed by atoms with Crippen LogP contribution < -0.4 is 5.32 Å². The number of rotatable bonds is 4. The zero-order valence-electron chi connectivity index (χ0n) is 12.1. The zero-order chi connectivity index (χ0) is 14.8. The Morgan fingerprint density at radius 3 is 2.95 bits per heavy atom. The van der Waals surface area contributed by atoms with Crippen LogP contribution in [0, 0.1) is 11.7 Å². The second-order valence-corrected chi connectivity index (χ2v) is 6.61. The van der Waals surface area contributed by atoms with Crippen LogP contribution in [-0.2, 0) is 0 Å². The van der Waals surface area contributed by atoms with Gasteiger partial charge in [-0.15, -0.1) is 0 Å². The predicted molar refractivity (Wildman–Crippen MR) is 80.4 cm³/mol. The Morgan fingerprint density at radius 2 is 2.30 bits per heavy atom. The van der Waals surface area contributed by atoms with Crippen LogP contribution in [0.3, 0.4) is 0 Å². The molecule has 0 saturated heterocycles. The largest absolute Gasteiger partial charge is 0.389 e. The first kappa shape index (κ1) is 15.7. The molecule has 3 unspecified atom stereocenters. The number of hydrogen-bond acceptors (Lipinski definition) is 2. The summed E-state index contributed by atoms with van der Waals surface area (Å²) in [5, 5.41) is 14.1. The Morgan fingerprint density at radius 1 is 1.55 bits per heavy atom. The SMILES string of the molecule is CC1CCCC(O)(CNC(C)c2ccc(F)c(Cl)c2)C1. The van der Waals surface area contributed by atoms with Crippen molar-refractivity contribution >= 4 is 11.6 Å². The third-order valence-corrected chi connectivity index (χ3v) is 4.54. The van der Waals surface area contributed by atoms with E-state index in [2.05, 4.69) is 12.2 Å². The van der Waals surface area contributed by atoms with Crippen LogP contribution >= 0.6 is 11.6 Å². The molecule has 0 amide bonds. The van der Waals surface area contributed by atoms with Crippen LogP contribution in [0.2, 0.25) is 5.02 Å². The predicted octanol–water partition coefficient (Wildman–Crippen LogP) is 4.07. The molecule has 0 aromatic heterocycles. The molecule has 1 fully saturated rings. The monoisotopic (exact) mass is 299 g/mol. The van der Waals surface area contributed by atoms with E-state index in [1.807, 2.05) is 6.92 Å². The summed E-state index contributed by atoms with van der Waals surface area (Å²) in [4.78, 5) is 0. The van der Waals surface area contributed by atoms with Crippen LogP contribution in [0.4, 0.5) is 4.39 Å². The summed E-state index contributed by atoms with van der Waals surface area (Å²) in [7, 11) is 0. The maximum absolute atomic E-state index is 13.2. The van der Waals surface area contributed by atoms with Gasteiger partial charge < -0.3 is 10.4 Å². The Bertz CT molecular complexity index is 468. The summed E-state index contributed by atoms with van der Waals surface area (Å²) >= 11 is 5.80. The fourth-order valence-electron chi connectivity index (χ4n) is 3.04. The van der Waals surface area contributed by atoms with Crippen molar-refractivity contribution in [2.24, 2.45) is 5.92 Å². The second kappa shape index (κ2) is 6.42. The first-order chi connectivity index (χ1) is 9.39. The van der Waals surface area contributed by atoms with Crippen molar-refractivity contribution in [1.29, 1.82) is 0 Å². The van der Waals surface area contributed by atoms with Crippen molar-refractivity contribution in [2.75, 3.05) is 6.54 Å². The van der Waals surface area contributed by atoms with Crippen LogP contribution in [0.25, 0.3) is 0 Å². The molecule has 0 aliphatic heterocycles. The lowest BCUT2D eigenvalue weighted by molar-refractivity contribution is -0.0134. The molecule has 4 heteroatoms. The van der Waals surface area contributed by atoms with E-state index in [4.69, 9.17) is 11.6 Å². The van der Waals surface area contributed by atoms with Gasteiger partial charge in [-0.05, 0) is 43.4 Å². The first-order valence-corrected chi connectivity index (χ1v) is 7.68. The van der Waals surface area contributed by atoms with E-state index in [-0.39, 0.29) is 11.1 Å². The van der Waals surface area contributed by atoms with Gasteiger partial charge in [0.25, 0.3) is 0 Å². The molecule has 112 valence electrons. The van der Waals surface area contributed by atoms with Gasteiger partial charge in [-0.1, -0.05) is 37.4 Å². The molecule has 0 heterocycles. The summed E-state index contributed by atoms with van der Waals surface area (Å²) in [5.74, 6) is 0.175. The second-order valence-electron chi connectivity index (χ2n) is 6.20. The molecule has 1 aliphatic carbocycles. The summed E-state index contributed by atoms with van der Waals surface area (Å²) in [6, 6.07) is 4.79. The Balaban J connectivity index is 1.94. The van der Waals surface area contributed by atoms with Crippen LogP contribution in [0.1, 0.15) is 51.1 Å². The average molecular weight is 300 g/mol. The van der Waals surface area contributed by atoms with Gasteiger partial charge in [0.05, 0.1) is 10.6 Å². The Kier molecular flexibility index (Phi) is 5.05. The molecule has 3 atom stereocenters. The van der Waals surface area contributed by atoms with E-state index in [9.17, 15) is 9.50 Å². The van der Waals surface area contributed by atoms with Gasteiger partial charge in [0.15, 0.2) is 0 Å². The highest BCUT2D eigenvalue weighted by molar-refractivity contribution is 6.30. The van der Waals surface area contributed by atoms with Gasteiger partial charge in [-0.3, -0.25) is 0 Å². The topological polar surface area (TPSA) is 32.3 Å². The summed E-state index contributed by atoms with van der Waals surface area (Å²) < 4.78 is 13.2. The smallest absolute Gasteiger partial charge is 0.141 e. The number of benzene rings is 1. The van der Waals surface area contributed by atoms with Crippen molar-refractivity contribution in [1.82, 2.24) is 5.32 Å². The van der Waals surface area contributed by atoms with E-state index in [0.717, 1.165) is 24.8 Å². The normalized spacial score (nSPS) is 28.4. The third kappa shape index (κ3) is 3.94. The lowest BCUT2D eigenvalue weighted by atomic mass is 9.79. The minimum Gasteiger partial charge on any atom is -0.389 e. The Labute approximate surface area is 125 Å². The highest BCUT2D eigenvalue weighted by Crippen LogP contribution is 2.32. The number of nitrogens with one attached hydrogen (secondary N) is 1. The molecule has 1 saturated carbocycles. The van der Waals surface area contributed by atoms with Crippen molar-refractivity contribution < 1.29 is 9.50 Å². The molecule has 2 nitrogen and oxygen atoms in total. The molecule has 0 spiro atoms. The minimum atomic E-state index is -0.615. The van der Waals surface area contributed by atoms with E-state index < -0.39 is 11.4 Å². The average Bonchev–Trinajstić information content (AvgIpc) is 2.39. The maximum Gasteiger partial charge on any atom is 0.141 e. The molecule has 0 radical (unpaired) electrons. The lowest BCUT2D eigenvalue weighted by Crippen LogP contribution is -2.44. The first-order valence-electron chi connectivity index (χ1n) is 7.30. The van der Waals surface area contributed by atoms with Crippen LogP contribution in [0.5, 0.6) is 0 Å². The summed E-state index contributed by atoms with van der Waals surface area (Å²) in [5.41, 5.74) is 0.319. The van der Waals surface area contributed by atoms with E-state index in [0.29, 0.717) is 12.5 Å². The minimum absolute atomic E-state index is 0.0364. The molecule has 0 bridgehead atoms. The van der Waals surface area contributed by atoms with Gasteiger partial charge in [0, 0.05) is 12.6 Å². The molecule has 2 N–H and O–H groups in total. The third-order valence-electron chi connectivity index (χ3n) is 4.25. The zero-order valence-corrected chi connectivity index (χ0v) is 12.9. The van der Waals surface area contributed by atoms with Crippen LogP contribution in [0.15, 0.2) is 18.2 Å². The van der Waals surface area contributed by atoms with E-state index in [1.165, 1.54) is 12.5 Å². The van der Waals surface area contributed by atoms with Gasteiger partial charge in [-0.2, -0.15) is 0 Å². The van der Waals surface area contributed by atoms with Crippen molar-refractivity contribution in [2.45, 2.75) is 51.2 Å². The fourth-order valence-corrected chi connectivity index (χ4v) is 3.22. The van der Waals surface area contributed by atoms with Crippen molar-refractivity contribution in [3.63, 3.8) is 0 Å². The van der Waals surface area contributed by atoms with Gasteiger partial charge >= 0.3 is 0 Å². The molecular formula is C16H23ClFNO. The van der Waals surface area contributed by atoms with Crippen molar-refractivity contribution in [3.8, 4) is 0 Å². The highest BCUT2D eigenvalue weighted by atomic mass is 35.5. The summed E-state index contributed by atoms with van der Waals surface area (Å²) in [6.07, 6.45) is 3.97. The fraction of sp³-hybridized carbons (Fsp3) is 0.625. The van der Waals surface area contributed by atoms with Gasteiger partial charge in [0.2, 0.25) is 0 Å². The van der Waals surface area contributed by atoms with Gasteiger partial charge in [0.1, 0.15) is 5.82 Å². The molecule has 1 aliphatic rings. The standard InChI is InChI=1S/C16H23ClFNO/c1-11-4-3-7-16(20,9-11)10-19-12(2)13-5-6-15(18)14(17)8-13/h5-6,8,11-12,19-20H,3-4,7,9-10H2,1-2H3. The van der Waals surface area contributed by atoms with Gasteiger partial charge in [-0.25, -0.2) is 4.39 Å². The van der Waals surface area contributed by atoms with Crippen molar-refractivity contribution in [3.05, 3.63) is 34.6 Å². The molecule has 20 heavy (non-hydrogen) atoms. The molecule has 2 rings (SSSR count). The lowest BCUT2D eigenvalue weighted by Gasteiger charge is -2.36. The number of halogens is 2. The van der Waals surface area contributed by atoms with Crippen LogP contribution in [-0.4, -0.2) is 17.3 Å². The summed E-state index contributed by atoms with van der Waals surface area (Å²) in [6.45, 7) is 4.75. The molecular weight excluding hydrogens is 277 g/mol. The maximum atomic E-state index is 13.2. The van der Waals surface area contributed by atoms with E-state index >= 15 is 0 Å². The highest BCUT2D eigenvalue weighted by Gasteiger charge is 2.32. The Hall–Kier alpha value is -0.640. The van der Waals surface area contributed by atoms with E-state index in [1.54, 1.807) is 12.1 Å². The number of aliphatic hydroxyl groups is 1.